The highest BCUT2D eigenvalue weighted by molar-refractivity contribution is 5.92. The van der Waals surface area contributed by atoms with Crippen molar-refractivity contribution in [2.75, 3.05) is 12.4 Å². The van der Waals surface area contributed by atoms with Gasteiger partial charge in [0.05, 0.1) is 11.2 Å². The smallest absolute Gasteiger partial charge is 0.408 e. The maximum Gasteiger partial charge on any atom is 0.408 e. The van der Waals surface area contributed by atoms with Crippen LogP contribution in [0.25, 0.3) is 22.4 Å². The average molecular weight is 614 g/mol. The number of ether oxygens (including phenoxy) is 2. The molecule has 0 atom stereocenters. The van der Waals surface area contributed by atoms with Gasteiger partial charge >= 0.3 is 12.2 Å². The quantitative estimate of drug-likeness (QED) is 0.250. The molecule has 10 nitrogen and oxygen atoms in total. The van der Waals surface area contributed by atoms with Crippen molar-refractivity contribution < 1.29 is 23.9 Å². The number of benzene rings is 1. The van der Waals surface area contributed by atoms with E-state index >= 15 is 0 Å². The van der Waals surface area contributed by atoms with Crippen LogP contribution in [0.5, 0.6) is 0 Å². The van der Waals surface area contributed by atoms with E-state index in [1.165, 1.54) is 0 Å². The van der Waals surface area contributed by atoms with Crippen molar-refractivity contribution in [2.24, 2.45) is 5.92 Å². The number of hydrogen-bond acceptors (Lipinski definition) is 7. The number of carbonyl (C=O) groups excluding carboxylic acids is 3. The SMILES string of the molecule is CNC(=O)O[C@H]1CC[C@H](CC(=O)Nc2cc(-c3ccccn3)c(-c3ccc(C4(NC(=O)OC(C)(C)C)CCC4)cc3)cn2)CC1. The van der Waals surface area contributed by atoms with Crippen LogP contribution >= 0.6 is 0 Å². The van der Waals surface area contributed by atoms with Gasteiger partial charge in [-0.2, -0.15) is 0 Å². The minimum atomic E-state index is -0.566. The zero-order valence-electron chi connectivity index (χ0n) is 26.5. The van der Waals surface area contributed by atoms with E-state index in [1.807, 2.05) is 57.2 Å². The molecule has 0 spiro atoms. The number of aromatic nitrogens is 2. The maximum absolute atomic E-state index is 13.0. The van der Waals surface area contributed by atoms with E-state index < -0.39 is 23.3 Å². The molecule has 45 heavy (non-hydrogen) atoms. The van der Waals surface area contributed by atoms with Crippen LogP contribution in [0.4, 0.5) is 15.4 Å². The van der Waals surface area contributed by atoms with Crippen LogP contribution in [-0.4, -0.2) is 46.8 Å². The molecule has 238 valence electrons. The van der Waals surface area contributed by atoms with Crippen LogP contribution in [0.2, 0.25) is 0 Å². The number of carbonyl (C=O) groups is 3. The van der Waals surface area contributed by atoms with Gasteiger partial charge in [-0.1, -0.05) is 30.3 Å². The molecule has 3 N–H and O–H groups in total. The molecule has 3 amide bonds. The van der Waals surface area contributed by atoms with Crippen molar-refractivity contribution in [1.82, 2.24) is 20.6 Å². The van der Waals surface area contributed by atoms with Crippen molar-refractivity contribution in [3.05, 3.63) is 66.5 Å². The lowest BCUT2D eigenvalue weighted by molar-refractivity contribution is -0.117. The van der Waals surface area contributed by atoms with Gasteiger partial charge in [0.15, 0.2) is 0 Å². The van der Waals surface area contributed by atoms with Gasteiger partial charge in [0, 0.05) is 37.0 Å². The van der Waals surface area contributed by atoms with E-state index in [9.17, 15) is 14.4 Å². The Labute approximate surface area is 264 Å². The number of anilines is 1. The third kappa shape index (κ3) is 8.17. The average Bonchev–Trinajstić information content (AvgIpc) is 2.99. The molecular formula is C35H43N5O5. The molecule has 2 aromatic heterocycles. The molecule has 5 rings (SSSR count). The van der Waals surface area contributed by atoms with Crippen LogP contribution in [-0.2, 0) is 19.8 Å². The minimum Gasteiger partial charge on any atom is -0.446 e. The fourth-order valence-electron chi connectivity index (χ4n) is 6.09. The zero-order chi connectivity index (χ0) is 32.0. The molecule has 2 saturated carbocycles. The van der Waals surface area contributed by atoms with Crippen LogP contribution in [0.15, 0.2) is 60.9 Å². The Morgan fingerprint density at radius 3 is 2.27 bits per heavy atom. The van der Waals surface area contributed by atoms with Gasteiger partial charge in [-0.25, -0.2) is 14.6 Å². The minimum absolute atomic E-state index is 0.0921. The number of nitrogens with zero attached hydrogens (tertiary/aromatic N) is 2. The van der Waals surface area contributed by atoms with E-state index in [0.29, 0.717) is 12.2 Å². The van der Waals surface area contributed by atoms with Gasteiger partial charge in [-0.15, -0.1) is 0 Å². The highest BCUT2D eigenvalue weighted by Gasteiger charge is 2.41. The Morgan fingerprint density at radius 1 is 0.933 bits per heavy atom. The fourth-order valence-corrected chi connectivity index (χ4v) is 6.09. The summed E-state index contributed by atoms with van der Waals surface area (Å²) in [6.07, 6.45) is 8.86. The first-order chi connectivity index (χ1) is 21.5. The van der Waals surface area contributed by atoms with E-state index in [-0.39, 0.29) is 17.9 Å². The highest BCUT2D eigenvalue weighted by atomic mass is 16.6. The summed E-state index contributed by atoms with van der Waals surface area (Å²) < 4.78 is 10.9. The number of hydrogen-bond donors (Lipinski definition) is 3. The van der Waals surface area contributed by atoms with E-state index in [2.05, 4.69) is 38.1 Å². The number of rotatable bonds is 8. The molecule has 0 bridgehead atoms. The topological polar surface area (TPSA) is 132 Å². The Bertz CT molecular complexity index is 1490. The van der Waals surface area contributed by atoms with Gasteiger partial charge in [0.1, 0.15) is 17.5 Å². The maximum atomic E-state index is 13.0. The van der Waals surface area contributed by atoms with Gasteiger partial charge in [-0.3, -0.25) is 9.78 Å². The lowest BCUT2D eigenvalue weighted by Crippen LogP contribution is -2.52. The van der Waals surface area contributed by atoms with Crippen molar-refractivity contribution in [2.45, 2.75) is 89.4 Å². The molecule has 2 aliphatic carbocycles. The van der Waals surface area contributed by atoms with Gasteiger partial charge in [0.25, 0.3) is 0 Å². The van der Waals surface area contributed by atoms with Crippen LogP contribution in [0.1, 0.15) is 77.7 Å². The first-order valence-electron chi connectivity index (χ1n) is 15.8. The zero-order valence-corrected chi connectivity index (χ0v) is 26.5. The Hall–Kier alpha value is -4.47. The highest BCUT2D eigenvalue weighted by Crippen LogP contribution is 2.42. The second kappa shape index (κ2) is 13.7. The molecule has 2 heterocycles. The van der Waals surface area contributed by atoms with Gasteiger partial charge in [0.2, 0.25) is 5.91 Å². The second-order valence-corrected chi connectivity index (χ2v) is 13.0. The predicted octanol–water partition coefficient (Wildman–Crippen LogP) is 6.96. The standard InChI is InChI=1S/C35H43N5O5/c1-34(2,3)45-33(43)40-35(17-7-18-35)25-13-11-24(12-14-25)28-22-38-30(21-27(28)29-8-5-6-19-37-29)39-31(41)20-23-9-15-26(16-10-23)44-32(42)36-4/h5-6,8,11-14,19,21-23,26H,7,9-10,15-18,20H2,1-4H3,(H,36,42)(H,40,43)(H,38,39,41)/t23-,26-. The summed E-state index contributed by atoms with van der Waals surface area (Å²) in [6, 6.07) is 15.8. The second-order valence-electron chi connectivity index (χ2n) is 13.0. The van der Waals surface area contributed by atoms with E-state index in [1.54, 1.807) is 19.4 Å². The number of alkyl carbamates (subject to hydrolysis) is 2. The summed E-state index contributed by atoms with van der Waals surface area (Å²) in [4.78, 5) is 46.3. The normalized spacial score (nSPS) is 19.0. The summed E-state index contributed by atoms with van der Waals surface area (Å²) in [5.74, 6) is 0.601. The lowest BCUT2D eigenvalue weighted by atomic mass is 9.71. The van der Waals surface area contributed by atoms with Crippen LogP contribution in [0.3, 0.4) is 0 Å². The third-order valence-corrected chi connectivity index (χ3v) is 8.55. The molecule has 1 aromatic carbocycles. The molecule has 0 radical (unpaired) electrons. The Balaban J connectivity index is 1.30. The first-order valence-corrected chi connectivity index (χ1v) is 15.8. The number of amides is 3. The lowest BCUT2D eigenvalue weighted by Gasteiger charge is -2.43. The number of nitrogens with one attached hydrogen (secondary N) is 3. The molecule has 0 unspecified atom stereocenters. The predicted molar refractivity (Wildman–Crippen MR) is 172 cm³/mol. The summed E-state index contributed by atoms with van der Waals surface area (Å²) in [6.45, 7) is 5.58. The largest absolute Gasteiger partial charge is 0.446 e. The first kappa shape index (κ1) is 31.9. The molecule has 0 aliphatic heterocycles. The van der Waals surface area contributed by atoms with Gasteiger partial charge in [-0.05, 0) is 101 Å². The third-order valence-electron chi connectivity index (χ3n) is 8.55. The van der Waals surface area contributed by atoms with Crippen LogP contribution < -0.4 is 16.0 Å². The monoisotopic (exact) mass is 613 g/mol. The molecule has 10 heteroatoms. The van der Waals surface area contributed by atoms with Crippen molar-refractivity contribution in [3.8, 4) is 22.4 Å². The van der Waals surface area contributed by atoms with Crippen molar-refractivity contribution in [3.63, 3.8) is 0 Å². The molecule has 2 fully saturated rings. The summed E-state index contributed by atoms with van der Waals surface area (Å²) in [7, 11) is 1.55. The Morgan fingerprint density at radius 2 is 1.67 bits per heavy atom. The van der Waals surface area contributed by atoms with E-state index in [4.69, 9.17) is 9.47 Å². The Kier molecular flexibility index (Phi) is 9.70. The summed E-state index contributed by atoms with van der Waals surface area (Å²) >= 11 is 0. The molecular weight excluding hydrogens is 570 g/mol. The fraction of sp³-hybridized carbons (Fsp3) is 0.457. The molecule has 2 aliphatic rings. The van der Waals surface area contributed by atoms with Crippen LogP contribution in [0, 0.1) is 5.92 Å². The number of pyridine rings is 2. The van der Waals surface area contributed by atoms with Gasteiger partial charge < -0.3 is 25.4 Å². The van der Waals surface area contributed by atoms with Crippen molar-refractivity contribution >= 4 is 23.9 Å². The summed E-state index contributed by atoms with van der Waals surface area (Å²) in [5.41, 5.74) is 3.49. The van der Waals surface area contributed by atoms with Crippen molar-refractivity contribution in [1.29, 1.82) is 0 Å². The molecule has 3 aromatic rings. The summed E-state index contributed by atoms with van der Waals surface area (Å²) in [5, 5.41) is 8.59. The van der Waals surface area contributed by atoms with E-state index in [0.717, 1.165) is 72.9 Å². The molecule has 0 saturated heterocycles.